The largest absolute Gasteiger partial charge is 0.497 e. The van der Waals surface area contributed by atoms with Gasteiger partial charge in [-0.3, -0.25) is 4.79 Å². The van der Waals surface area contributed by atoms with Gasteiger partial charge >= 0.3 is 0 Å². The van der Waals surface area contributed by atoms with Gasteiger partial charge in [0.25, 0.3) is 5.91 Å². The fourth-order valence-corrected chi connectivity index (χ4v) is 3.44. The molecule has 1 aliphatic rings. The molecule has 2 aromatic rings. The molecule has 0 bridgehead atoms. The summed E-state index contributed by atoms with van der Waals surface area (Å²) in [6, 6.07) is 13.6. The van der Waals surface area contributed by atoms with Crippen LogP contribution in [0.5, 0.6) is 11.5 Å². The Hall–Kier alpha value is -2.69. The second kappa shape index (κ2) is 7.68. The third kappa shape index (κ3) is 3.62. The Balaban J connectivity index is 1.75. The maximum absolute atomic E-state index is 12.8. The minimum Gasteiger partial charge on any atom is -0.497 e. The lowest BCUT2D eigenvalue weighted by Gasteiger charge is -2.19. The van der Waals surface area contributed by atoms with Crippen LogP contribution in [0.2, 0.25) is 0 Å². The zero-order chi connectivity index (χ0) is 18.7. The zero-order valence-corrected chi connectivity index (χ0v) is 15.9. The van der Waals surface area contributed by atoms with Gasteiger partial charge in [0, 0.05) is 49.9 Å². The maximum atomic E-state index is 12.8. The first-order chi connectivity index (χ1) is 12.5. The Kier molecular flexibility index (Phi) is 5.35. The van der Waals surface area contributed by atoms with Gasteiger partial charge in [0.1, 0.15) is 11.5 Å². The molecule has 5 heteroatoms. The molecule has 3 rings (SSSR count). The minimum atomic E-state index is 0.0830. The van der Waals surface area contributed by atoms with Crippen LogP contribution >= 0.6 is 0 Å². The molecule has 2 aromatic carbocycles. The summed E-state index contributed by atoms with van der Waals surface area (Å²) >= 11 is 0. The summed E-state index contributed by atoms with van der Waals surface area (Å²) in [4.78, 5) is 16.8. The molecule has 1 atom stereocenters. The van der Waals surface area contributed by atoms with E-state index in [0.29, 0.717) is 6.54 Å². The molecule has 0 radical (unpaired) electrons. The van der Waals surface area contributed by atoms with Crippen LogP contribution in [0.15, 0.2) is 42.5 Å². The van der Waals surface area contributed by atoms with E-state index in [1.807, 2.05) is 66.4 Å². The van der Waals surface area contributed by atoms with Gasteiger partial charge in [0.2, 0.25) is 0 Å². The van der Waals surface area contributed by atoms with Crippen LogP contribution in [0.3, 0.4) is 0 Å². The van der Waals surface area contributed by atoms with Crippen molar-refractivity contribution in [2.75, 3.05) is 46.3 Å². The molecular formula is C21H26N2O3. The lowest BCUT2D eigenvalue weighted by molar-refractivity contribution is 0.0790. The normalized spacial score (nSPS) is 16.5. The van der Waals surface area contributed by atoms with E-state index in [4.69, 9.17) is 9.47 Å². The summed E-state index contributed by atoms with van der Waals surface area (Å²) in [5.41, 5.74) is 2.92. The topological polar surface area (TPSA) is 42.0 Å². The van der Waals surface area contributed by atoms with Crippen molar-refractivity contribution >= 4 is 11.6 Å². The fourth-order valence-electron chi connectivity index (χ4n) is 3.44. The molecule has 1 saturated heterocycles. The second-order valence-corrected chi connectivity index (χ2v) is 6.79. The number of carbonyl (C=O) groups is 1. The quantitative estimate of drug-likeness (QED) is 0.825. The number of methoxy groups -OCH3 is 2. The van der Waals surface area contributed by atoms with Crippen LogP contribution in [0, 0.1) is 0 Å². The van der Waals surface area contributed by atoms with Gasteiger partial charge in [-0.25, -0.2) is 0 Å². The summed E-state index contributed by atoms with van der Waals surface area (Å²) in [6.07, 6.45) is 0.922. The Morgan fingerprint density at radius 2 is 1.81 bits per heavy atom. The predicted octanol–water partition coefficient (Wildman–Crippen LogP) is 3.40. The monoisotopic (exact) mass is 354 g/mol. The molecular weight excluding hydrogens is 328 g/mol. The smallest absolute Gasteiger partial charge is 0.253 e. The number of carbonyl (C=O) groups excluding carboxylic acids is 1. The molecule has 0 aromatic heterocycles. The maximum Gasteiger partial charge on any atom is 0.253 e. The molecule has 0 aliphatic carbocycles. The number of hydrogen-bond donors (Lipinski definition) is 0. The summed E-state index contributed by atoms with van der Waals surface area (Å²) < 4.78 is 10.9. The summed E-state index contributed by atoms with van der Waals surface area (Å²) in [7, 11) is 7.32. The number of amides is 1. The van der Waals surface area contributed by atoms with Crippen molar-refractivity contribution < 1.29 is 14.3 Å². The summed E-state index contributed by atoms with van der Waals surface area (Å²) in [5.74, 6) is 2.00. The Morgan fingerprint density at radius 1 is 1.08 bits per heavy atom. The van der Waals surface area contributed by atoms with Gasteiger partial charge < -0.3 is 19.3 Å². The Morgan fingerprint density at radius 3 is 2.42 bits per heavy atom. The molecule has 0 spiro atoms. The Labute approximate surface area is 155 Å². The van der Waals surface area contributed by atoms with Crippen LogP contribution in [-0.2, 0) is 0 Å². The highest BCUT2D eigenvalue weighted by Gasteiger charge is 2.30. The first-order valence-electron chi connectivity index (χ1n) is 8.82. The first-order valence-corrected chi connectivity index (χ1v) is 8.82. The number of benzene rings is 2. The van der Waals surface area contributed by atoms with E-state index < -0.39 is 0 Å². The van der Waals surface area contributed by atoms with Gasteiger partial charge in [0.15, 0.2) is 0 Å². The average Bonchev–Trinajstić information content (AvgIpc) is 3.17. The van der Waals surface area contributed by atoms with Crippen molar-refractivity contribution in [1.29, 1.82) is 0 Å². The van der Waals surface area contributed by atoms with Crippen LogP contribution in [0.1, 0.15) is 28.3 Å². The minimum absolute atomic E-state index is 0.0830. The van der Waals surface area contributed by atoms with E-state index in [0.717, 1.165) is 41.3 Å². The van der Waals surface area contributed by atoms with Crippen molar-refractivity contribution in [3.63, 3.8) is 0 Å². The lowest BCUT2D eigenvalue weighted by atomic mass is 9.97. The van der Waals surface area contributed by atoms with E-state index in [9.17, 15) is 4.79 Å². The SMILES string of the molecule is COc1ccc(OC)c([C@H]2CCN(C(=O)c3ccc(N(C)C)cc3)C2)c1. The van der Waals surface area contributed by atoms with Gasteiger partial charge in [-0.2, -0.15) is 0 Å². The number of likely N-dealkylation sites (tertiary alicyclic amines) is 1. The van der Waals surface area contributed by atoms with E-state index in [1.165, 1.54) is 0 Å². The van der Waals surface area contributed by atoms with Crippen LogP contribution < -0.4 is 14.4 Å². The molecule has 138 valence electrons. The van der Waals surface area contributed by atoms with Crippen LogP contribution in [0.25, 0.3) is 0 Å². The fraction of sp³-hybridized carbons (Fsp3) is 0.381. The highest BCUT2D eigenvalue weighted by molar-refractivity contribution is 5.94. The van der Waals surface area contributed by atoms with Crippen molar-refractivity contribution in [1.82, 2.24) is 4.90 Å². The molecule has 1 heterocycles. The molecule has 1 aliphatic heterocycles. The van der Waals surface area contributed by atoms with Gasteiger partial charge in [-0.15, -0.1) is 0 Å². The van der Waals surface area contributed by atoms with Gasteiger partial charge in [-0.1, -0.05) is 0 Å². The highest BCUT2D eigenvalue weighted by Crippen LogP contribution is 2.36. The lowest BCUT2D eigenvalue weighted by Crippen LogP contribution is -2.28. The van der Waals surface area contributed by atoms with Crippen LogP contribution in [-0.4, -0.2) is 52.2 Å². The molecule has 26 heavy (non-hydrogen) atoms. The molecule has 0 N–H and O–H groups in total. The van der Waals surface area contributed by atoms with Crippen LogP contribution in [0.4, 0.5) is 5.69 Å². The second-order valence-electron chi connectivity index (χ2n) is 6.79. The number of hydrogen-bond acceptors (Lipinski definition) is 4. The molecule has 1 amide bonds. The molecule has 5 nitrogen and oxygen atoms in total. The zero-order valence-electron chi connectivity index (χ0n) is 15.9. The van der Waals surface area contributed by atoms with E-state index >= 15 is 0 Å². The molecule has 0 unspecified atom stereocenters. The predicted molar refractivity (Wildman–Crippen MR) is 104 cm³/mol. The van der Waals surface area contributed by atoms with Crippen molar-refractivity contribution in [3.8, 4) is 11.5 Å². The van der Waals surface area contributed by atoms with Crippen molar-refractivity contribution in [3.05, 3.63) is 53.6 Å². The highest BCUT2D eigenvalue weighted by atomic mass is 16.5. The third-order valence-corrected chi connectivity index (χ3v) is 4.98. The number of nitrogens with zero attached hydrogens (tertiary/aromatic N) is 2. The number of anilines is 1. The summed E-state index contributed by atoms with van der Waals surface area (Å²) in [5, 5.41) is 0. The van der Waals surface area contributed by atoms with E-state index in [1.54, 1.807) is 14.2 Å². The Bertz CT molecular complexity index is 771. The van der Waals surface area contributed by atoms with Crippen molar-refractivity contribution in [2.24, 2.45) is 0 Å². The number of ether oxygens (including phenoxy) is 2. The summed E-state index contributed by atoms with van der Waals surface area (Å²) in [6.45, 7) is 1.44. The third-order valence-electron chi connectivity index (χ3n) is 4.98. The standard InChI is InChI=1S/C21H26N2O3/c1-22(2)17-7-5-15(6-8-17)21(24)23-12-11-16(14-23)19-13-18(25-3)9-10-20(19)26-4/h5-10,13,16H,11-12,14H2,1-4H3/t16-/m0/s1. The van der Waals surface area contributed by atoms with Crippen molar-refractivity contribution in [2.45, 2.75) is 12.3 Å². The van der Waals surface area contributed by atoms with Gasteiger partial charge in [-0.05, 0) is 48.9 Å². The van der Waals surface area contributed by atoms with Gasteiger partial charge in [0.05, 0.1) is 14.2 Å². The first kappa shape index (κ1) is 18.1. The average molecular weight is 354 g/mol. The molecule has 0 saturated carbocycles. The number of rotatable bonds is 5. The van der Waals surface area contributed by atoms with E-state index in [2.05, 4.69) is 0 Å². The molecule has 1 fully saturated rings. The van der Waals surface area contributed by atoms with E-state index in [-0.39, 0.29) is 11.8 Å².